The molecule has 0 unspecified atom stereocenters. The van der Waals surface area contributed by atoms with Gasteiger partial charge >= 0.3 is 11.7 Å². The molecule has 0 spiro atoms. The zero-order chi connectivity index (χ0) is 18.0. The van der Waals surface area contributed by atoms with E-state index in [1.807, 2.05) is 19.1 Å². The number of hydrogen-bond donors (Lipinski definition) is 0. The van der Waals surface area contributed by atoms with Crippen LogP contribution in [-0.2, 0) is 15.6 Å². The molecule has 1 aromatic rings. The van der Waals surface area contributed by atoms with E-state index >= 15 is 0 Å². The average molecular weight is 314 g/mol. The summed E-state index contributed by atoms with van der Waals surface area (Å²) in [5.74, 6) is -0.189. The summed E-state index contributed by atoms with van der Waals surface area (Å²) in [5, 5.41) is 0. The van der Waals surface area contributed by atoms with Gasteiger partial charge in [0.25, 0.3) is 0 Å². The van der Waals surface area contributed by atoms with Crippen LogP contribution in [0.15, 0.2) is 24.8 Å². The fraction of sp³-hybridized carbons (Fsp3) is 0.474. The summed E-state index contributed by atoms with van der Waals surface area (Å²) >= 11 is 0. The van der Waals surface area contributed by atoms with E-state index in [0.29, 0.717) is 5.75 Å². The summed E-state index contributed by atoms with van der Waals surface area (Å²) < 4.78 is 5.63. The van der Waals surface area contributed by atoms with E-state index in [-0.39, 0.29) is 16.5 Å². The highest BCUT2D eigenvalue weighted by Gasteiger charge is 2.30. The van der Waals surface area contributed by atoms with Crippen LogP contribution in [0.3, 0.4) is 0 Å². The van der Waals surface area contributed by atoms with Gasteiger partial charge in [0.2, 0.25) is 0 Å². The molecule has 0 bridgehead atoms. The predicted octanol–water partition coefficient (Wildman–Crippen LogP) is 4.35. The number of esters is 1. The van der Waals surface area contributed by atoms with Crippen LogP contribution < -0.4 is 4.74 Å². The fourth-order valence-electron chi connectivity index (χ4n) is 2.31. The lowest BCUT2D eigenvalue weighted by Gasteiger charge is -2.29. The van der Waals surface area contributed by atoms with Crippen molar-refractivity contribution in [2.45, 2.75) is 59.3 Å². The van der Waals surface area contributed by atoms with Gasteiger partial charge in [0.05, 0.1) is 0 Å². The maximum Gasteiger partial charge on any atom is 0.426 e. The van der Waals surface area contributed by atoms with Crippen LogP contribution in [-0.4, -0.2) is 16.5 Å². The molecule has 0 fully saturated rings. The van der Waals surface area contributed by atoms with Gasteiger partial charge in [0.15, 0.2) is 0 Å². The number of carbonyl (C=O) groups excluding carboxylic acids is 1. The second kappa shape index (κ2) is 6.51. The second-order valence-electron chi connectivity index (χ2n) is 7.77. The quantitative estimate of drug-likeness (QED) is 0.274. The molecule has 0 amide bonds. The van der Waals surface area contributed by atoms with Gasteiger partial charge in [-0.25, -0.2) is 4.79 Å². The minimum atomic E-state index is -0.720. The molecule has 4 heteroatoms. The van der Waals surface area contributed by atoms with Crippen molar-refractivity contribution < 1.29 is 14.3 Å². The average Bonchev–Trinajstić information content (AvgIpc) is 2.39. The van der Waals surface area contributed by atoms with Gasteiger partial charge < -0.3 is 10.3 Å². The van der Waals surface area contributed by atoms with E-state index in [1.54, 1.807) is 0 Å². The second-order valence-corrected chi connectivity index (χ2v) is 7.77. The van der Waals surface area contributed by atoms with Gasteiger partial charge in [-0.15, -0.1) is 0 Å². The molecule has 0 heterocycles. The first-order valence-electron chi connectivity index (χ1n) is 7.64. The number of nitrogens with zero attached hydrogens (tertiary/aromatic N) is 2. The lowest BCUT2D eigenvalue weighted by atomic mass is 9.78. The third-order valence-corrected chi connectivity index (χ3v) is 3.55. The molecule has 0 saturated heterocycles. The van der Waals surface area contributed by atoms with Crippen LogP contribution in [0.2, 0.25) is 0 Å². The molecule has 1 rings (SSSR count). The van der Waals surface area contributed by atoms with Crippen LogP contribution in [0.4, 0.5) is 0 Å². The smallest absolute Gasteiger partial charge is 0.417 e. The third-order valence-electron chi connectivity index (χ3n) is 3.55. The van der Waals surface area contributed by atoms with E-state index < -0.39 is 5.97 Å². The lowest BCUT2D eigenvalue weighted by Crippen LogP contribution is -2.25. The van der Waals surface area contributed by atoms with E-state index in [0.717, 1.165) is 16.7 Å². The molecule has 124 valence electrons. The van der Waals surface area contributed by atoms with Crippen molar-refractivity contribution in [1.29, 1.82) is 0 Å². The van der Waals surface area contributed by atoms with Gasteiger partial charge in [-0.3, -0.25) is 0 Å². The van der Waals surface area contributed by atoms with E-state index in [1.165, 1.54) is 6.08 Å². The van der Waals surface area contributed by atoms with Gasteiger partial charge in [0, 0.05) is 17.2 Å². The van der Waals surface area contributed by atoms with Crippen molar-refractivity contribution >= 4 is 11.7 Å². The van der Waals surface area contributed by atoms with Gasteiger partial charge in [-0.05, 0) is 17.8 Å². The van der Waals surface area contributed by atoms with Crippen molar-refractivity contribution in [1.82, 2.24) is 0 Å². The fourth-order valence-corrected chi connectivity index (χ4v) is 2.31. The summed E-state index contributed by atoms with van der Waals surface area (Å²) in [5.41, 5.74) is 11.3. The number of aryl methyl sites for hydroxylation is 1. The number of rotatable bonds is 3. The van der Waals surface area contributed by atoms with Gasteiger partial charge in [0.1, 0.15) is 5.75 Å². The molecule has 23 heavy (non-hydrogen) atoms. The first-order chi connectivity index (χ1) is 10.4. The minimum absolute atomic E-state index is 0.202. The molecule has 0 aliphatic rings. The number of ether oxygens (including phenoxy) is 1. The Hall–Kier alpha value is -2.19. The Balaban J connectivity index is 3.63. The Morgan fingerprint density at radius 1 is 1.13 bits per heavy atom. The van der Waals surface area contributed by atoms with Crippen LogP contribution in [0, 0.1) is 6.92 Å². The van der Waals surface area contributed by atoms with Gasteiger partial charge in [-0.1, -0.05) is 65.8 Å². The Morgan fingerprint density at radius 3 is 1.87 bits per heavy atom. The molecule has 0 atom stereocenters. The first kappa shape index (κ1) is 18.9. The first-order valence-corrected chi connectivity index (χ1v) is 7.64. The zero-order valence-electron chi connectivity index (χ0n) is 15.2. The molecular formula is C19H26N2O2. The third kappa shape index (κ3) is 4.40. The minimum Gasteiger partial charge on any atom is -0.417 e. The molecule has 0 aliphatic carbocycles. The lowest BCUT2D eigenvalue weighted by molar-refractivity contribution is -0.131. The summed E-state index contributed by atoms with van der Waals surface area (Å²) in [6.45, 7) is 17.9. The standard InChI is InChI=1S/C19H26N2O2/c1-9-15(21-20)17(22)23-16-13(18(3,4)5)10-12(2)11-14(16)19(6,7)8/h9-11H,1H2,2-8H3. The number of benzene rings is 1. The van der Waals surface area contributed by atoms with Crippen LogP contribution >= 0.6 is 0 Å². The molecule has 0 N–H and O–H groups in total. The highest BCUT2D eigenvalue weighted by molar-refractivity contribution is 6.39. The molecule has 4 nitrogen and oxygen atoms in total. The normalized spacial score (nSPS) is 11.6. The van der Waals surface area contributed by atoms with Crippen molar-refractivity contribution in [3.8, 4) is 5.75 Å². The predicted molar refractivity (Wildman–Crippen MR) is 93.0 cm³/mol. The van der Waals surface area contributed by atoms with E-state index in [9.17, 15) is 4.79 Å². The Bertz CT molecular complexity index is 647. The largest absolute Gasteiger partial charge is 0.426 e. The Labute approximate surface area is 138 Å². The van der Waals surface area contributed by atoms with Gasteiger partial charge in [-0.2, -0.15) is 4.79 Å². The molecule has 1 aromatic carbocycles. The SMILES string of the molecule is C=CC(=[N+]=[N-])C(=O)Oc1c(C(C)(C)C)cc(C)cc1C(C)(C)C. The van der Waals surface area contributed by atoms with Crippen LogP contribution in [0.1, 0.15) is 58.2 Å². The summed E-state index contributed by atoms with van der Waals surface area (Å²) in [4.78, 5) is 15.2. The highest BCUT2D eigenvalue weighted by Crippen LogP contribution is 2.40. The monoisotopic (exact) mass is 314 g/mol. The topological polar surface area (TPSA) is 62.7 Å². The number of carbonyl (C=O) groups is 1. The maximum atomic E-state index is 12.2. The Morgan fingerprint density at radius 2 is 1.57 bits per heavy atom. The molecular weight excluding hydrogens is 288 g/mol. The molecule has 0 aliphatic heterocycles. The highest BCUT2D eigenvalue weighted by atomic mass is 16.5. The van der Waals surface area contributed by atoms with Crippen molar-refractivity contribution in [3.05, 3.63) is 47.0 Å². The van der Waals surface area contributed by atoms with Crippen molar-refractivity contribution in [2.75, 3.05) is 0 Å². The number of hydrogen-bond acceptors (Lipinski definition) is 2. The van der Waals surface area contributed by atoms with Crippen molar-refractivity contribution in [2.24, 2.45) is 0 Å². The zero-order valence-corrected chi connectivity index (χ0v) is 15.2. The summed E-state index contributed by atoms with van der Waals surface area (Å²) in [6, 6.07) is 4.06. The maximum absolute atomic E-state index is 12.2. The van der Waals surface area contributed by atoms with E-state index in [4.69, 9.17) is 10.3 Å². The van der Waals surface area contributed by atoms with E-state index in [2.05, 4.69) is 52.9 Å². The molecule has 0 saturated carbocycles. The van der Waals surface area contributed by atoms with Crippen LogP contribution in [0.5, 0.6) is 5.75 Å². The summed E-state index contributed by atoms with van der Waals surface area (Å²) in [7, 11) is 0. The van der Waals surface area contributed by atoms with Crippen LogP contribution in [0.25, 0.3) is 5.53 Å². The molecule has 0 radical (unpaired) electrons. The Kier molecular flexibility index (Phi) is 5.34. The molecule has 0 aromatic heterocycles. The summed E-state index contributed by atoms with van der Waals surface area (Å²) in [6.07, 6.45) is 1.17. The van der Waals surface area contributed by atoms with Crippen molar-refractivity contribution in [3.63, 3.8) is 0 Å².